The quantitative estimate of drug-likeness (QED) is 0.386. The third-order valence-corrected chi connectivity index (χ3v) is 6.58. The number of aliphatic hydroxyl groups is 1. The third-order valence-electron chi connectivity index (χ3n) is 6.58. The van der Waals surface area contributed by atoms with Gasteiger partial charge in [0.1, 0.15) is 11.6 Å². The molecule has 0 amide bonds. The number of fused-ring (bicyclic) bond motifs is 2. The molecule has 9 nitrogen and oxygen atoms in total. The Kier molecular flexibility index (Phi) is 5.62. The molecule has 3 aromatic rings. The van der Waals surface area contributed by atoms with Crippen molar-refractivity contribution in [3.63, 3.8) is 0 Å². The standard InChI is InChI=1S/C24H27FN6O3/c1-30-7-9-31(10-8-30)13-5-6-15-17(11-13)29-23(28-15)21-18(12-19(32)24(33)34)27-16-4-2-3-14(25)20(16)22(21)26/h2-6,11,18-19,27,32H,7-10,12,26H2,1H3,(H,28,29)(H,33,34). The number of piperazine rings is 1. The van der Waals surface area contributed by atoms with Crippen LogP contribution in [-0.2, 0) is 4.79 Å². The summed E-state index contributed by atoms with van der Waals surface area (Å²) in [6.07, 6.45) is -1.78. The number of aliphatic carboxylic acids is 1. The molecule has 3 heterocycles. The Hall–Kier alpha value is -3.63. The molecule has 2 atom stereocenters. The summed E-state index contributed by atoms with van der Waals surface area (Å²) in [5, 5.41) is 22.4. The second-order valence-corrected chi connectivity index (χ2v) is 8.85. The number of hydrogen-bond acceptors (Lipinski definition) is 7. The number of likely N-dealkylation sites (N-methyl/N-ethyl adjacent to an activating group) is 1. The van der Waals surface area contributed by atoms with E-state index in [0.29, 0.717) is 22.6 Å². The lowest BCUT2D eigenvalue weighted by Gasteiger charge is -2.34. The molecule has 2 unspecified atom stereocenters. The maximum atomic E-state index is 14.7. The summed E-state index contributed by atoms with van der Waals surface area (Å²) >= 11 is 0. The number of hydrogen-bond donors (Lipinski definition) is 5. The van der Waals surface area contributed by atoms with Crippen LogP contribution in [-0.4, -0.2) is 76.4 Å². The van der Waals surface area contributed by atoms with Crippen LogP contribution in [0.3, 0.4) is 0 Å². The lowest BCUT2D eigenvalue weighted by molar-refractivity contribution is -0.146. The van der Waals surface area contributed by atoms with Crippen LogP contribution in [0.2, 0.25) is 0 Å². The summed E-state index contributed by atoms with van der Waals surface area (Å²) in [7, 11) is 2.11. The van der Waals surface area contributed by atoms with Crippen molar-refractivity contribution in [3.05, 3.63) is 53.6 Å². The van der Waals surface area contributed by atoms with Gasteiger partial charge >= 0.3 is 5.97 Å². The molecule has 0 aliphatic carbocycles. The van der Waals surface area contributed by atoms with Gasteiger partial charge in [-0.25, -0.2) is 14.2 Å². The van der Waals surface area contributed by atoms with Crippen molar-refractivity contribution < 1.29 is 19.4 Å². The Morgan fingerprint density at radius 3 is 2.76 bits per heavy atom. The van der Waals surface area contributed by atoms with E-state index in [-0.39, 0.29) is 17.7 Å². The van der Waals surface area contributed by atoms with Crippen molar-refractivity contribution in [2.75, 3.05) is 43.4 Å². The molecule has 10 heteroatoms. The topological polar surface area (TPSA) is 131 Å². The van der Waals surface area contributed by atoms with Crippen molar-refractivity contribution in [2.24, 2.45) is 5.73 Å². The summed E-state index contributed by atoms with van der Waals surface area (Å²) in [6.45, 7) is 3.83. The summed E-state index contributed by atoms with van der Waals surface area (Å²) in [5.41, 5.74) is 10.3. The van der Waals surface area contributed by atoms with Gasteiger partial charge in [-0.3, -0.25) is 0 Å². The molecule has 2 aromatic carbocycles. The van der Waals surface area contributed by atoms with Gasteiger partial charge in [-0.05, 0) is 37.4 Å². The van der Waals surface area contributed by atoms with E-state index >= 15 is 0 Å². The van der Waals surface area contributed by atoms with Crippen LogP contribution in [0.5, 0.6) is 0 Å². The molecule has 2 aliphatic heterocycles. The number of aromatic nitrogens is 2. The average Bonchev–Trinajstić information content (AvgIpc) is 3.22. The zero-order valence-electron chi connectivity index (χ0n) is 18.8. The van der Waals surface area contributed by atoms with E-state index in [9.17, 15) is 19.4 Å². The number of nitrogens with zero attached hydrogens (tertiary/aromatic N) is 3. The van der Waals surface area contributed by atoms with E-state index in [1.807, 2.05) is 18.2 Å². The fourth-order valence-electron chi connectivity index (χ4n) is 4.68. The minimum Gasteiger partial charge on any atom is -0.479 e. The van der Waals surface area contributed by atoms with Gasteiger partial charge < -0.3 is 36.0 Å². The lowest BCUT2D eigenvalue weighted by Crippen LogP contribution is -2.44. The van der Waals surface area contributed by atoms with Crippen molar-refractivity contribution in [1.82, 2.24) is 14.9 Å². The van der Waals surface area contributed by atoms with E-state index in [0.717, 1.165) is 37.4 Å². The Labute approximate surface area is 195 Å². The van der Waals surface area contributed by atoms with E-state index in [2.05, 4.69) is 32.1 Å². The third kappa shape index (κ3) is 3.95. The number of benzene rings is 2. The fraction of sp³-hybridized carbons (Fsp3) is 0.333. The molecule has 178 valence electrons. The highest BCUT2D eigenvalue weighted by atomic mass is 19.1. The van der Waals surface area contributed by atoms with Crippen LogP contribution in [0.25, 0.3) is 22.3 Å². The van der Waals surface area contributed by atoms with E-state index < -0.39 is 23.9 Å². The summed E-state index contributed by atoms with van der Waals surface area (Å²) in [6, 6.07) is 9.83. The Balaban J connectivity index is 1.57. The largest absolute Gasteiger partial charge is 0.479 e. The number of aliphatic hydroxyl groups excluding tert-OH is 1. The second kappa shape index (κ2) is 8.62. The van der Waals surface area contributed by atoms with Crippen molar-refractivity contribution in [1.29, 1.82) is 0 Å². The predicted octanol–water partition coefficient (Wildman–Crippen LogP) is 1.91. The molecule has 0 saturated carbocycles. The molecule has 0 radical (unpaired) electrons. The van der Waals surface area contributed by atoms with Gasteiger partial charge in [0.25, 0.3) is 0 Å². The first kappa shape index (κ1) is 22.2. The highest BCUT2D eigenvalue weighted by Crippen LogP contribution is 2.38. The number of carbonyl (C=O) groups is 1. The monoisotopic (exact) mass is 466 g/mol. The van der Waals surface area contributed by atoms with E-state index in [1.54, 1.807) is 12.1 Å². The Morgan fingerprint density at radius 1 is 1.26 bits per heavy atom. The van der Waals surface area contributed by atoms with Gasteiger partial charge in [-0.1, -0.05) is 6.07 Å². The first-order valence-corrected chi connectivity index (χ1v) is 11.2. The van der Waals surface area contributed by atoms with Gasteiger partial charge in [-0.15, -0.1) is 0 Å². The molecule has 5 rings (SSSR count). The number of carboxylic acids is 1. The first-order valence-electron chi connectivity index (χ1n) is 11.2. The van der Waals surface area contributed by atoms with Gasteiger partial charge in [0.2, 0.25) is 0 Å². The van der Waals surface area contributed by atoms with Gasteiger partial charge in [0, 0.05) is 49.5 Å². The minimum absolute atomic E-state index is 0.160. The normalized spacial score (nSPS) is 19.7. The smallest absolute Gasteiger partial charge is 0.332 e. The minimum atomic E-state index is -1.62. The Bertz CT molecular complexity index is 1280. The molecule has 6 N–H and O–H groups in total. The molecule has 0 bridgehead atoms. The number of rotatable bonds is 5. The molecular formula is C24H27FN6O3. The van der Waals surface area contributed by atoms with Crippen LogP contribution in [0.1, 0.15) is 17.8 Å². The maximum Gasteiger partial charge on any atom is 0.332 e. The predicted molar refractivity (Wildman–Crippen MR) is 129 cm³/mol. The zero-order chi connectivity index (χ0) is 24.0. The average molecular weight is 467 g/mol. The van der Waals surface area contributed by atoms with Crippen LogP contribution < -0.4 is 16.0 Å². The molecule has 1 aromatic heterocycles. The maximum absolute atomic E-state index is 14.7. The molecule has 1 saturated heterocycles. The van der Waals surface area contributed by atoms with Crippen LogP contribution in [0.4, 0.5) is 15.8 Å². The number of nitrogens with one attached hydrogen (secondary N) is 2. The number of carboxylic acid groups (broad SMARTS) is 1. The van der Waals surface area contributed by atoms with Crippen LogP contribution >= 0.6 is 0 Å². The first-order chi connectivity index (χ1) is 16.3. The molecular weight excluding hydrogens is 439 g/mol. The number of imidazole rings is 1. The van der Waals surface area contributed by atoms with Gasteiger partial charge in [-0.2, -0.15) is 0 Å². The number of nitrogens with two attached hydrogens (primary N) is 1. The highest BCUT2D eigenvalue weighted by Gasteiger charge is 2.33. The summed E-state index contributed by atoms with van der Waals surface area (Å²) < 4.78 is 14.7. The molecule has 2 aliphatic rings. The van der Waals surface area contributed by atoms with E-state index in [1.165, 1.54) is 6.07 Å². The lowest BCUT2D eigenvalue weighted by atomic mass is 9.90. The van der Waals surface area contributed by atoms with E-state index in [4.69, 9.17) is 5.73 Å². The van der Waals surface area contributed by atoms with Gasteiger partial charge in [0.15, 0.2) is 6.10 Å². The number of H-pyrrole nitrogens is 1. The van der Waals surface area contributed by atoms with Crippen molar-refractivity contribution >= 4 is 39.6 Å². The molecule has 1 fully saturated rings. The highest BCUT2D eigenvalue weighted by molar-refractivity contribution is 5.99. The molecule has 0 spiro atoms. The SMILES string of the molecule is CN1CCN(c2ccc3nc(C4=C(N)c5c(F)cccc5NC4CC(O)C(=O)O)[nH]c3c2)CC1. The number of aromatic amines is 1. The molecule has 34 heavy (non-hydrogen) atoms. The van der Waals surface area contributed by atoms with Crippen LogP contribution in [0.15, 0.2) is 36.4 Å². The second-order valence-electron chi connectivity index (χ2n) is 8.85. The Morgan fingerprint density at radius 2 is 2.03 bits per heavy atom. The summed E-state index contributed by atoms with van der Waals surface area (Å²) in [5.74, 6) is -1.43. The van der Waals surface area contributed by atoms with Gasteiger partial charge in [0.05, 0.1) is 28.3 Å². The van der Waals surface area contributed by atoms with Crippen molar-refractivity contribution in [2.45, 2.75) is 18.6 Å². The fourth-order valence-corrected chi connectivity index (χ4v) is 4.68. The number of halogens is 1. The van der Waals surface area contributed by atoms with Crippen LogP contribution in [0, 0.1) is 5.82 Å². The van der Waals surface area contributed by atoms with Crippen molar-refractivity contribution in [3.8, 4) is 0 Å². The zero-order valence-corrected chi connectivity index (χ0v) is 18.8. The summed E-state index contributed by atoms with van der Waals surface area (Å²) in [4.78, 5) is 23.9. The number of anilines is 2.